The van der Waals surface area contributed by atoms with Crippen LogP contribution in [0.1, 0.15) is 44.0 Å². The summed E-state index contributed by atoms with van der Waals surface area (Å²) >= 11 is 3.95. The molecule has 8 rings (SSSR count). The fourth-order valence-corrected chi connectivity index (χ4v) is 10.7. The number of ether oxygens (including phenoxy) is 1. The molecule has 2 amide bonds. The van der Waals surface area contributed by atoms with Crippen LogP contribution in [0, 0.1) is 0 Å². The second kappa shape index (κ2) is 18.5. The van der Waals surface area contributed by atoms with Crippen molar-refractivity contribution in [2.24, 2.45) is 0 Å². The average Bonchev–Trinajstić information content (AvgIpc) is 3.92. The Morgan fingerprint density at radius 2 is 1.79 bits per heavy atom. The third-order valence-electron chi connectivity index (χ3n) is 10.2. The van der Waals surface area contributed by atoms with Gasteiger partial charge in [-0.05, 0) is 66.4 Å². The third-order valence-corrected chi connectivity index (χ3v) is 14.6. The molecule has 61 heavy (non-hydrogen) atoms. The second-order valence-electron chi connectivity index (χ2n) is 14.3. The Labute approximate surface area is 361 Å². The quantitative estimate of drug-likeness (QED) is 0.0933. The summed E-state index contributed by atoms with van der Waals surface area (Å²) in [6, 6.07) is 19.1. The fraction of sp³-hybridized carbons (Fsp3) is 0.293. The number of carbonyl (C=O) groups is 2. The van der Waals surface area contributed by atoms with Crippen LogP contribution in [-0.2, 0) is 33.9 Å². The van der Waals surface area contributed by atoms with E-state index in [2.05, 4.69) is 30.5 Å². The Morgan fingerprint density at radius 3 is 2.57 bits per heavy atom. The monoisotopic (exact) mass is 908 g/mol. The Morgan fingerprint density at radius 1 is 0.967 bits per heavy atom. The minimum Gasteiger partial charge on any atom is -0.381 e. The van der Waals surface area contributed by atoms with Crippen molar-refractivity contribution < 1.29 is 35.9 Å². The molecule has 20 heteroatoms. The predicted molar refractivity (Wildman–Crippen MR) is 231 cm³/mol. The third kappa shape index (κ3) is 10.3. The number of halogens is 3. The van der Waals surface area contributed by atoms with Crippen molar-refractivity contribution in [1.82, 2.24) is 24.6 Å². The summed E-state index contributed by atoms with van der Waals surface area (Å²) in [6.07, 6.45) is -0.525. The van der Waals surface area contributed by atoms with Crippen molar-refractivity contribution in [3.8, 4) is 0 Å². The number of amides is 2. The van der Waals surface area contributed by atoms with E-state index in [4.69, 9.17) is 4.74 Å². The van der Waals surface area contributed by atoms with Gasteiger partial charge in [0, 0.05) is 72.2 Å². The number of rotatable bonds is 14. The van der Waals surface area contributed by atoms with Gasteiger partial charge in [-0.2, -0.15) is 13.2 Å². The number of hydrogen-bond acceptors (Lipinski definition) is 14. The number of hydrogen-bond donors (Lipinski definition) is 3. The highest BCUT2D eigenvalue weighted by atomic mass is 32.2. The van der Waals surface area contributed by atoms with Crippen LogP contribution < -0.4 is 20.3 Å². The normalized spacial score (nSPS) is 15.3. The first-order chi connectivity index (χ1) is 29.4. The zero-order chi connectivity index (χ0) is 42.6. The molecule has 6 aromatic rings. The van der Waals surface area contributed by atoms with Crippen LogP contribution in [0.5, 0.6) is 0 Å². The lowest BCUT2D eigenvalue weighted by Gasteiger charge is -2.29. The SMILES string of the molecule is O=C(NS(=O)(=O)c1ccc(N[C@H](CCN2CCOCC2)CSc2ccccc2)c(C(F)(F)F)c1)c1csc(N2CCc3cccc(C(=O)Nc4nc5cnccc5s4)c3C2)n1. The molecule has 0 saturated carbocycles. The maximum atomic E-state index is 14.6. The smallest absolute Gasteiger partial charge is 0.381 e. The lowest BCUT2D eigenvalue weighted by atomic mass is 9.94. The first-order valence-corrected chi connectivity index (χ1v) is 23.4. The number of anilines is 3. The van der Waals surface area contributed by atoms with E-state index in [1.165, 1.54) is 28.5 Å². The molecule has 0 spiro atoms. The molecule has 3 aromatic heterocycles. The standard InChI is InChI=1S/C41H39F3N8O5S4/c42-41(43,44)32-21-29(9-10-33(32)46-27(13-15-51-17-19-57-20-18-51)24-58-28-6-2-1-3-7-28)61(55,56)50-38(54)35-25-59-40(48-35)52-16-12-26-5-4-8-30(31(26)23-52)37(53)49-39-47-34-22-45-14-11-36(34)60-39/h1-11,14,21-22,25,27,46H,12-13,15-20,23-24H2,(H,50,54)(H,47,49,53)/t27-/m1/s1. The second-order valence-corrected chi connectivity index (χ2v) is 18.9. The summed E-state index contributed by atoms with van der Waals surface area (Å²) in [5.41, 5.74) is 1.22. The summed E-state index contributed by atoms with van der Waals surface area (Å²) in [6.45, 7) is 4.07. The van der Waals surface area contributed by atoms with E-state index >= 15 is 0 Å². The van der Waals surface area contributed by atoms with Crippen LogP contribution in [0.3, 0.4) is 0 Å². The molecule has 2 aliphatic heterocycles. The van der Waals surface area contributed by atoms with Gasteiger partial charge in [0.2, 0.25) is 0 Å². The van der Waals surface area contributed by atoms with Crippen molar-refractivity contribution >= 4 is 82.4 Å². The molecule has 0 aliphatic carbocycles. The number of aromatic nitrogens is 3. The minimum absolute atomic E-state index is 0.223. The van der Waals surface area contributed by atoms with Crippen LogP contribution in [0.4, 0.5) is 29.1 Å². The summed E-state index contributed by atoms with van der Waals surface area (Å²) in [7, 11) is -4.76. The molecule has 0 radical (unpaired) electrons. The van der Waals surface area contributed by atoms with Crippen molar-refractivity contribution in [2.45, 2.75) is 41.4 Å². The average molecular weight is 909 g/mol. The lowest BCUT2D eigenvalue weighted by molar-refractivity contribution is -0.137. The highest BCUT2D eigenvalue weighted by Crippen LogP contribution is 2.38. The highest BCUT2D eigenvalue weighted by molar-refractivity contribution is 7.99. The highest BCUT2D eigenvalue weighted by Gasteiger charge is 2.36. The fourth-order valence-electron chi connectivity index (χ4n) is 7.05. The summed E-state index contributed by atoms with van der Waals surface area (Å²) in [4.78, 5) is 44.0. The largest absolute Gasteiger partial charge is 0.418 e. The van der Waals surface area contributed by atoms with Gasteiger partial charge in [-0.25, -0.2) is 23.1 Å². The molecule has 2 aliphatic rings. The molecule has 1 atom stereocenters. The van der Waals surface area contributed by atoms with Crippen molar-refractivity contribution in [2.75, 3.05) is 60.7 Å². The number of carbonyl (C=O) groups excluding carboxylic acids is 2. The van der Waals surface area contributed by atoms with Gasteiger partial charge in [0.15, 0.2) is 10.3 Å². The number of sulfonamides is 1. The Hall–Kier alpha value is -5.12. The number of nitrogens with one attached hydrogen (secondary N) is 3. The number of fused-ring (bicyclic) bond motifs is 2. The van der Waals surface area contributed by atoms with Crippen molar-refractivity contribution in [1.29, 1.82) is 0 Å². The van der Waals surface area contributed by atoms with E-state index < -0.39 is 38.6 Å². The van der Waals surface area contributed by atoms with E-state index in [0.717, 1.165) is 57.3 Å². The zero-order valence-electron chi connectivity index (χ0n) is 32.4. The van der Waals surface area contributed by atoms with Gasteiger partial charge in [0.25, 0.3) is 21.8 Å². The molecule has 3 N–H and O–H groups in total. The number of thioether (sulfide) groups is 1. The number of pyridine rings is 1. The molecule has 318 valence electrons. The molecular formula is C41H39F3N8O5S4. The van der Waals surface area contributed by atoms with E-state index in [1.54, 1.807) is 18.5 Å². The van der Waals surface area contributed by atoms with Gasteiger partial charge >= 0.3 is 6.18 Å². The molecule has 1 saturated heterocycles. The topological polar surface area (TPSA) is 159 Å². The molecule has 0 unspecified atom stereocenters. The van der Waals surface area contributed by atoms with E-state index in [-0.39, 0.29) is 23.8 Å². The van der Waals surface area contributed by atoms with Gasteiger partial charge in [-0.3, -0.25) is 24.8 Å². The Kier molecular flexibility index (Phi) is 12.9. The predicted octanol–water partition coefficient (Wildman–Crippen LogP) is 7.40. The number of benzene rings is 3. The van der Waals surface area contributed by atoms with Crippen LogP contribution in [-0.4, -0.2) is 91.3 Å². The van der Waals surface area contributed by atoms with E-state index in [9.17, 15) is 31.2 Å². The van der Waals surface area contributed by atoms with Gasteiger partial charge in [0.05, 0.1) is 34.6 Å². The molecule has 5 heterocycles. The van der Waals surface area contributed by atoms with Crippen LogP contribution in [0.25, 0.3) is 10.2 Å². The molecular weight excluding hydrogens is 870 g/mol. The number of thiazole rings is 2. The number of morpholine rings is 1. The first-order valence-electron chi connectivity index (χ1n) is 19.3. The zero-order valence-corrected chi connectivity index (χ0v) is 35.6. The summed E-state index contributed by atoms with van der Waals surface area (Å²) < 4.78 is 79.0. The summed E-state index contributed by atoms with van der Waals surface area (Å²) in [5, 5.41) is 8.16. The van der Waals surface area contributed by atoms with Crippen molar-refractivity contribution in [3.05, 3.63) is 119 Å². The number of alkyl halides is 3. The summed E-state index contributed by atoms with van der Waals surface area (Å²) in [5.74, 6) is -0.970. The number of nitrogens with zero attached hydrogens (tertiary/aromatic N) is 5. The minimum atomic E-state index is -4.91. The van der Waals surface area contributed by atoms with Crippen LogP contribution in [0.15, 0.2) is 100 Å². The molecule has 1 fully saturated rings. The van der Waals surface area contributed by atoms with Gasteiger partial charge < -0.3 is 15.0 Å². The van der Waals surface area contributed by atoms with Crippen LogP contribution >= 0.6 is 34.4 Å². The van der Waals surface area contributed by atoms with Gasteiger partial charge in [-0.1, -0.05) is 41.7 Å². The maximum Gasteiger partial charge on any atom is 0.418 e. The molecule has 3 aromatic carbocycles. The van der Waals surface area contributed by atoms with Crippen molar-refractivity contribution in [3.63, 3.8) is 0 Å². The van der Waals surface area contributed by atoms with Gasteiger partial charge in [-0.15, -0.1) is 23.1 Å². The Balaban J connectivity index is 0.947. The Bertz CT molecular complexity index is 2610. The lowest BCUT2D eigenvalue weighted by Crippen LogP contribution is -2.39. The van der Waals surface area contributed by atoms with Gasteiger partial charge in [0.1, 0.15) is 11.2 Å². The first kappa shape index (κ1) is 42.6. The maximum absolute atomic E-state index is 14.6. The molecule has 13 nitrogen and oxygen atoms in total. The van der Waals surface area contributed by atoms with E-state index in [0.29, 0.717) is 72.3 Å². The van der Waals surface area contributed by atoms with E-state index in [1.807, 2.05) is 58.2 Å². The molecule has 0 bridgehead atoms. The van der Waals surface area contributed by atoms with Crippen LogP contribution in [0.2, 0.25) is 0 Å².